The summed E-state index contributed by atoms with van der Waals surface area (Å²) in [5, 5.41) is 25.2. The number of fused-ring (bicyclic) bond motifs is 3. The molecular weight excluding hydrogens is 560 g/mol. The van der Waals surface area contributed by atoms with Crippen LogP contribution in [-0.2, 0) is 19.0 Å². The van der Waals surface area contributed by atoms with Gasteiger partial charge in [0.2, 0.25) is 5.91 Å². The van der Waals surface area contributed by atoms with Crippen LogP contribution in [-0.4, -0.2) is 128 Å². The highest BCUT2D eigenvalue weighted by atomic mass is 16.5. The fourth-order valence-corrected chi connectivity index (χ4v) is 9.26. The summed E-state index contributed by atoms with van der Waals surface area (Å²) in [7, 11) is 0. The van der Waals surface area contributed by atoms with Gasteiger partial charge in [-0.3, -0.25) is 25.6 Å². The van der Waals surface area contributed by atoms with Crippen molar-refractivity contribution < 1.29 is 24.1 Å². The molecule has 7 fully saturated rings. The molecule has 0 aromatic rings. The second-order valence-corrected chi connectivity index (χ2v) is 15.1. The zero-order valence-electron chi connectivity index (χ0n) is 26.8. The number of carbonyl (C=O) groups excluding carboxylic acids is 1. The van der Waals surface area contributed by atoms with Crippen LogP contribution in [0.3, 0.4) is 0 Å². The number of likely N-dealkylation sites (tertiary alicyclic amines) is 1. The first-order valence-electron chi connectivity index (χ1n) is 18.0. The third-order valence-corrected chi connectivity index (χ3v) is 12.1. The van der Waals surface area contributed by atoms with E-state index in [9.17, 15) is 9.90 Å². The summed E-state index contributed by atoms with van der Waals surface area (Å²) in [6.45, 7) is 8.09. The summed E-state index contributed by atoms with van der Waals surface area (Å²) in [4.78, 5) is 18.6. The Bertz CT molecular complexity index is 942. The topological polar surface area (TPSA) is 120 Å². The van der Waals surface area contributed by atoms with Gasteiger partial charge >= 0.3 is 0 Å². The number of rotatable bonds is 11. The van der Waals surface area contributed by atoms with Crippen LogP contribution < -0.4 is 21.3 Å². The second-order valence-electron chi connectivity index (χ2n) is 15.1. The van der Waals surface area contributed by atoms with E-state index in [0.717, 1.165) is 58.4 Å². The molecule has 0 spiro atoms. The van der Waals surface area contributed by atoms with E-state index in [1.807, 2.05) is 0 Å². The van der Waals surface area contributed by atoms with Gasteiger partial charge in [0, 0.05) is 49.7 Å². The van der Waals surface area contributed by atoms with Crippen LogP contribution >= 0.6 is 0 Å². The smallest absolute Gasteiger partial charge is 0.223 e. The summed E-state index contributed by atoms with van der Waals surface area (Å²) in [5.74, 6) is 1.43. The van der Waals surface area contributed by atoms with Gasteiger partial charge in [0.05, 0.1) is 57.2 Å². The van der Waals surface area contributed by atoms with E-state index in [1.54, 1.807) is 0 Å². The van der Waals surface area contributed by atoms with Gasteiger partial charge < -0.3 is 29.5 Å². The average Bonchev–Trinajstić information content (AvgIpc) is 3.54. The number of β-amino-alcohol motifs (C(OH)–C–C–N with tert-alkyl or cyclic N) is 1. The van der Waals surface area contributed by atoms with Crippen molar-refractivity contribution in [3.05, 3.63) is 0 Å². The fraction of sp³-hybridized carbons (Fsp3) is 0.970. The molecule has 0 aromatic carbocycles. The predicted octanol–water partition coefficient (Wildman–Crippen LogP) is 0.962. The maximum Gasteiger partial charge on any atom is 0.223 e. The van der Waals surface area contributed by atoms with Crippen molar-refractivity contribution in [2.24, 2.45) is 17.8 Å². The highest BCUT2D eigenvalue weighted by Crippen LogP contribution is 2.38. The van der Waals surface area contributed by atoms with Crippen molar-refractivity contribution in [3.63, 3.8) is 0 Å². The lowest BCUT2D eigenvalue weighted by Gasteiger charge is -2.47. The maximum atomic E-state index is 13.5. The van der Waals surface area contributed by atoms with E-state index in [1.165, 1.54) is 38.5 Å². The summed E-state index contributed by atoms with van der Waals surface area (Å²) in [6, 6.07) is 1.84. The lowest BCUT2D eigenvalue weighted by Crippen LogP contribution is -2.65. The molecule has 11 heteroatoms. The predicted molar refractivity (Wildman–Crippen MR) is 167 cm³/mol. The molecular formula is C33H58N6O5. The zero-order chi connectivity index (χ0) is 30.0. The number of morpholine rings is 1. The van der Waals surface area contributed by atoms with Crippen molar-refractivity contribution in [2.45, 2.75) is 132 Å². The molecule has 5 aliphatic heterocycles. The average molecular weight is 619 g/mol. The van der Waals surface area contributed by atoms with Crippen LogP contribution in [0, 0.1) is 17.8 Å². The van der Waals surface area contributed by atoms with Crippen LogP contribution in [0.5, 0.6) is 0 Å². The van der Waals surface area contributed by atoms with Crippen LogP contribution in [0.2, 0.25) is 0 Å². The molecule has 5 N–H and O–H groups in total. The molecule has 5 saturated heterocycles. The first-order valence-corrected chi connectivity index (χ1v) is 18.0. The first-order chi connectivity index (χ1) is 21.5. The number of ether oxygens (including phenoxy) is 3. The third-order valence-electron chi connectivity index (χ3n) is 12.1. The van der Waals surface area contributed by atoms with Crippen molar-refractivity contribution in [2.75, 3.05) is 52.7 Å². The minimum absolute atomic E-state index is 0.0545. The molecule has 2 saturated carbocycles. The van der Waals surface area contributed by atoms with Crippen molar-refractivity contribution in [3.8, 4) is 0 Å². The van der Waals surface area contributed by atoms with Gasteiger partial charge in [0.25, 0.3) is 0 Å². The zero-order valence-corrected chi connectivity index (χ0v) is 26.8. The number of hydrogen-bond donors (Lipinski definition) is 5. The number of nitrogens with zero attached hydrogens (tertiary/aromatic N) is 2. The Morgan fingerprint density at radius 2 is 1.89 bits per heavy atom. The Kier molecular flexibility index (Phi) is 10.4. The maximum absolute atomic E-state index is 13.5. The number of nitrogens with one attached hydrogen (secondary N) is 4. The molecule has 10 unspecified atom stereocenters. The lowest BCUT2D eigenvalue weighted by atomic mass is 9.74. The number of aliphatic hydroxyl groups is 1. The Balaban J connectivity index is 0.851. The molecule has 0 radical (unpaired) electrons. The van der Waals surface area contributed by atoms with Crippen molar-refractivity contribution in [1.29, 1.82) is 0 Å². The second kappa shape index (κ2) is 14.5. The molecule has 7 rings (SSSR count). The minimum Gasteiger partial charge on any atom is -0.390 e. The molecule has 11 nitrogen and oxygen atoms in total. The quantitative estimate of drug-likeness (QED) is 0.229. The standard InChI is InChI=1S/C33H58N6O5/c1-21-30(44-20-35-21)19-43-29-8-5-23-15-38(10-9-22(23)11-29)16-28(40)14-34-33(41)24-12-31(36-25-3-2-4-25)37-32(13-24)39-26-6-7-27(39)18-42-17-26/h21-32,35-37,40H,2-20H2,1H3,(H,34,41)/t21?,22?,23?,24?,26?,27?,28-,29?,30?,31?,32?/m0/s1. The Hall–Kier alpha value is -0.890. The van der Waals surface area contributed by atoms with Gasteiger partial charge in [-0.05, 0) is 89.5 Å². The number of piperidine rings is 2. The minimum atomic E-state index is -0.548. The van der Waals surface area contributed by atoms with Gasteiger partial charge in [-0.1, -0.05) is 6.42 Å². The molecule has 2 bridgehead atoms. The highest BCUT2D eigenvalue weighted by molar-refractivity contribution is 5.78. The van der Waals surface area contributed by atoms with Crippen molar-refractivity contribution in [1.82, 2.24) is 31.1 Å². The molecule has 2 aliphatic carbocycles. The number of amides is 1. The SMILES string of the molecule is CC1NCOC1COC1CCC2CN(C[C@@H](O)CNC(=O)C3CC(NC4CCC4)NC(N4C5CCC4COC5)C3)CCC2C1. The Morgan fingerprint density at radius 1 is 1.05 bits per heavy atom. The van der Waals surface area contributed by atoms with Crippen molar-refractivity contribution >= 4 is 5.91 Å². The monoisotopic (exact) mass is 618 g/mol. The number of aliphatic hydroxyl groups excluding tert-OH is 1. The van der Waals surface area contributed by atoms with E-state index < -0.39 is 6.10 Å². The van der Waals surface area contributed by atoms with Crippen LogP contribution in [0.15, 0.2) is 0 Å². The van der Waals surface area contributed by atoms with Gasteiger partial charge in [0.15, 0.2) is 0 Å². The summed E-state index contributed by atoms with van der Waals surface area (Å²) in [5.41, 5.74) is 0. The third kappa shape index (κ3) is 7.47. The molecule has 0 aromatic heterocycles. The van der Waals surface area contributed by atoms with E-state index in [2.05, 4.69) is 38.0 Å². The fourth-order valence-electron chi connectivity index (χ4n) is 9.26. The van der Waals surface area contributed by atoms with E-state index in [0.29, 0.717) is 68.5 Å². The molecule has 5 heterocycles. The van der Waals surface area contributed by atoms with Gasteiger partial charge in [0.1, 0.15) is 0 Å². The molecule has 250 valence electrons. The number of hydrogen-bond acceptors (Lipinski definition) is 10. The number of carbonyl (C=O) groups is 1. The van der Waals surface area contributed by atoms with E-state index >= 15 is 0 Å². The highest BCUT2D eigenvalue weighted by Gasteiger charge is 2.45. The van der Waals surface area contributed by atoms with Gasteiger partial charge in [-0.25, -0.2) is 0 Å². The molecule has 11 atom stereocenters. The molecule has 1 amide bonds. The summed E-state index contributed by atoms with van der Waals surface area (Å²) >= 11 is 0. The van der Waals surface area contributed by atoms with Crippen LogP contribution in [0.4, 0.5) is 0 Å². The molecule has 44 heavy (non-hydrogen) atoms. The van der Waals surface area contributed by atoms with Crippen LogP contribution in [0.1, 0.15) is 77.6 Å². The van der Waals surface area contributed by atoms with Crippen LogP contribution in [0.25, 0.3) is 0 Å². The molecule has 7 aliphatic rings. The lowest BCUT2D eigenvalue weighted by molar-refractivity contribution is -0.129. The normalized spacial score (nSPS) is 42.5. The Labute approximate surface area is 263 Å². The summed E-state index contributed by atoms with van der Waals surface area (Å²) in [6.07, 6.45) is 12.7. The largest absolute Gasteiger partial charge is 0.390 e. The summed E-state index contributed by atoms with van der Waals surface area (Å²) < 4.78 is 17.9. The van der Waals surface area contributed by atoms with Gasteiger partial charge in [-0.15, -0.1) is 0 Å². The van der Waals surface area contributed by atoms with E-state index in [4.69, 9.17) is 14.2 Å². The van der Waals surface area contributed by atoms with Gasteiger partial charge in [-0.2, -0.15) is 0 Å². The first kappa shape index (κ1) is 31.7. The Morgan fingerprint density at radius 3 is 2.64 bits per heavy atom. The van der Waals surface area contributed by atoms with E-state index in [-0.39, 0.29) is 30.3 Å².